The van der Waals surface area contributed by atoms with Gasteiger partial charge in [-0.1, -0.05) is 0 Å². The highest BCUT2D eigenvalue weighted by molar-refractivity contribution is 5.69. The van der Waals surface area contributed by atoms with Crippen molar-refractivity contribution >= 4 is 5.97 Å². The summed E-state index contributed by atoms with van der Waals surface area (Å²) in [6.45, 7) is 4.10. The molecule has 4 nitrogen and oxygen atoms in total. The van der Waals surface area contributed by atoms with E-state index < -0.39 is 5.97 Å². The third kappa shape index (κ3) is 2.48. The predicted molar refractivity (Wildman–Crippen MR) is 41.5 cm³/mol. The van der Waals surface area contributed by atoms with Gasteiger partial charge in [-0.15, -0.1) is 0 Å². The van der Waals surface area contributed by atoms with Gasteiger partial charge in [0.05, 0.1) is 6.54 Å². The lowest BCUT2D eigenvalue weighted by atomic mass is 9.95. The zero-order valence-corrected chi connectivity index (χ0v) is 6.63. The molecule has 0 radical (unpaired) electrons. The van der Waals surface area contributed by atoms with Crippen molar-refractivity contribution in [3.05, 3.63) is 0 Å². The Kier molecular flexibility index (Phi) is 2.84. The Morgan fingerprint density at radius 2 is 2.45 bits per heavy atom. The summed E-state index contributed by atoms with van der Waals surface area (Å²) >= 11 is 0. The third-order valence-corrected chi connectivity index (χ3v) is 2.10. The molecule has 0 saturated carbocycles. The molecule has 3 N–H and O–H groups in total. The summed E-state index contributed by atoms with van der Waals surface area (Å²) in [7, 11) is 0. The maximum Gasteiger partial charge on any atom is 0.317 e. The smallest absolute Gasteiger partial charge is 0.317 e. The van der Waals surface area contributed by atoms with Gasteiger partial charge in [0.2, 0.25) is 0 Å². The van der Waals surface area contributed by atoms with E-state index in [2.05, 4.69) is 10.6 Å². The first-order chi connectivity index (χ1) is 5.20. The van der Waals surface area contributed by atoms with Crippen molar-refractivity contribution < 1.29 is 9.90 Å². The van der Waals surface area contributed by atoms with E-state index in [1.807, 2.05) is 6.92 Å². The minimum atomic E-state index is -0.788. The molecule has 0 bridgehead atoms. The number of carboxylic acid groups (broad SMARTS) is 1. The van der Waals surface area contributed by atoms with Gasteiger partial charge in [-0.2, -0.15) is 0 Å². The molecular formula is C7H14N2O2. The second kappa shape index (κ2) is 3.69. The van der Waals surface area contributed by atoms with Crippen LogP contribution in [0.3, 0.4) is 0 Å². The van der Waals surface area contributed by atoms with Gasteiger partial charge >= 0.3 is 5.97 Å². The Bertz CT molecular complexity index is 145. The lowest BCUT2D eigenvalue weighted by molar-refractivity contribution is -0.136. The zero-order valence-electron chi connectivity index (χ0n) is 6.63. The number of carboxylic acids is 1. The minimum absolute atomic E-state index is 0.0671. The number of hydrogen-bond acceptors (Lipinski definition) is 3. The van der Waals surface area contributed by atoms with E-state index in [4.69, 9.17) is 5.11 Å². The van der Waals surface area contributed by atoms with Gasteiger partial charge in [-0.25, -0.2) is 0 Å². The Balaban J connectivity index is 2.09. The van der Waals surface area contributed by atoms with Gasteiger partial charge in [0.25, 0.3) is 0 Å². The maximum absolute atomic E-state index is 10.2. The largest absolute Gasteiger partial charge is 0.480 e. The lowest BCUT2D eigenvalue weighted by Gasteiger charge is -2.32. The summed E-state index contributed by atoms with van der Waals surface area (Å²) in [6, 6.07) is 0.312. The summed E-state index contributed by atoms with van der Waals surface area (Å²) in [5.41, 5.74) is 0. The fourth-order valence-corrected chi connectivity index (χ4v) is 1.08. The van der Waals surface area contributed by atoms with Crippen LogP contribution in [0.15, 0.2) is 0 Å². The highest BCUT2D eigenvalue weighted by Gasteiger charge is 2.23. The molecule has 1 heterocycles. The molecule has 1 atom stereocenters. The molecule has 0 aromatic heterocycles. The van der Waals surface area contributed by atoms with Crippen LogP contribution in [0.25, 0.3) is 0 Å². The standard InChI is InChI=1S/C7H14N2O2/c1-5(6-2-8-3-6)9-4-7(10)11/h5-6,8-9H,2-4H2,1H3,(H,10,11). The average molecular weight is 158 g/mol. The molecule has 1 aliphatic heterocycles. The van der Waals surface area contributed by atoms with Crippen LogP contribution < -0.4 is 10.6 Å². The van der Waals surface area contributed by atoms with Gasteiger partial charge < -0.3 is 15.7 Å². The first kappa shape index (κ1) is 8.49. The molecule has 0 spiro atoms. The summed E-state index contributed by atoms with van der Waals surface area (Å²) in [5, 5.41) is 14.4. The van der Waals surface area contributed by atoms with Crippen LogP contribution in [0.5, 0.6) is 0 Å². The molecule has 1 fully saturated rings. The Morgan fingerprint density at radius 1 is 1.82 bits per heavy atom. The van der Waals surface area contributed by atoms with Gasteiger partial charge in [0, 0.05) is 19.1 Å². The van der Waals surface area contributed by atoms with Crippen molar-refractivity contribution in [3.63, 3.8) is 0 Å². The van der Waals surface area contributed by atoms with Crippen molar-refractivity contribution in [2.24, 2.45) is 5.92 Å². The quantitative estimate of drug-likeness (QED) is 0.504. The topological polar surface area (TPSA) is 61.4 Å². The highest BCUT2D eigenvalue weighted by Crippen LogP contribution is 2.07. The van der Waals surface area contributed by atoms with Crippen molar-refractivity contribution in [2.75, 3.05) is 19.6 Å². The van der Waals surface area contributed by atoms with Crippen LogP contribution in [0.2, 0.25) is 0 Å². The molecule has 0 aromatic rings. The van der Waals surface area contributed by atoms with E-state index in [0.717, 1.165) is 13.1 Å². The van der Waals surface area contributed by atoms with Crippen LogP contribution in [0.1, 0.15) is 6.92 Å². The molecule has 1 saturated heterocycles. The highest BCUT2D eigenvalue weighted by atomic mass is 16.4. The Morgan fingerprint density at radius 3 is 2.82 bits per heavy atom. The van der Waals surface area contributed by atoms with Crippen molar-refractivity contribution in [2.45, 2.75) is 13.0 Å². The van der Waals surface area contributed by atoms with Gasteiger partial charge in [-0.3, -0.25) is 4.79 Å². The van der Waals surface area contributed by atoms with Crippen molar-refractivity contribution in [1.29, 1.82) is 0 Å². The SMILES string of the molecule is CC(NCC(=O)O)C1CNC1. The van der Waals surface area contributed by atoms with Crippen molar-refractivity contribution in [3.8, 4) is 0 Å². The van der Waals surface area contributed by atoms with Crippen LogP contribution in [0, 0.1) is 5.92 Å². The Labute approximate surface area is 66.0 Å². The fourth-order valence-electron chi connectivity index (χ4n) is 1.08. The molecule has 1 unspecified atom stereocenters. The molecule has 0 aromatic carbocycles. The first-order valence-corrected chi connectivity index (χ1v) is 3.86. The minimum Gasteiger partial charge on any atom is -0.480 e. The summed E-state index contributed by atoms with van der Waals surface area (Å²) in [5.74, 6) is -0.182. The van der Waals surface area contributed by atoms with Crippen LogP contribution in [0.4, 0.5) is 0 Å². The van der Waals surface area contributed by atoms with Gasteiger partial charge in [0.1, 0.15) is 0 Å². The molecular weight excluding hydrogens is 144 g/mol. The number of carbonyl (C=O) groups is 1. The van der Waals surface area contributed by atoms with E-state index in [1.54, 1.807) is 0 Å². The van der Waals surface area contributed by atoms with Gasteiger partial charge in [-0.05, 0) is 12.8 Å². The van der Waals surface area contributed by atoms with Crippen molar-refractivity contribution in [1.82, 2.24) is 10.6 Å². The number of aliphatic carboxylic acids is 1. The first-order valence-electron chi connectivity index (χ1n) is 3.86. The summed E-state index contributed by atoms with van der Waals surface area (Å²) in [4.78, 5) is 10.2. The molecule has 0 aliphatic carbocycles. The van der Waals surface area contributed by atoms with Crippen LogP contribution in [-0.4, -0.2) is 36.8 Å². The molecule has 1 rings (SSSR count). The predicted octanol–water partition coefficient (Wildman–Crippen LogP) is -0.731. The number of nitrogens with one attached hydrogen (secondary N) is 2. The van der Waals surface area contributed by atoms with E-state index in [-0.39, 0.29) is 6.54 Å². The van der Waals surface area contributed by atoms with E-state index in [0.29, 0.717) is 12.0 Å². The molecule has 0 amide bonds. The molecule has 1 aliphatic rings. The normalized spacial score (nSPS) is 20.8. The second-order valence-corrected chi connectivity index (χ2v) is 2.98. The van der Waals surface area contributed by atoms with E-state index >= 15 is 0 Å². The van der Waals surface area contributed by atoms with Crippen LogP contribution >= 0.6 is 0 Å². The lowest BCUT2D eigenvalue weighted by Crippen LogP contribution is -2.52. The van der Waals surface area contributed by atoms with E-state index in [1.165, 1.54) is 0 Å². The third-order valence-electron chi connectivity index (χ3n) is 2.10. The van der Waals surface area contributed by atoms with Crippen LogP contribution in [-0.2, 0) is 4.79 Å². The summed E-state index contributed by atoms with van der Waals surface area (Å²) < 4.78 is 0. The zero-order chi connectivity index (χ0) is 8.27. The second-order valence-electron chi connectivity index (χ2n) is 2.98. The number of hydrogen-bond donors (Lipinski definition) is 3. The fraction of sp³-hybridized carbons (Fsp3) is 0.857. The maximum atomic E-state index is 10.2. The van der Waals surface area contributed by atoms with E-state index in [9.17, 15) is 4.79 Å². The molecule has 4 heteroatoms. The number of rotatable bonds is 4. The summed E-state index contributed by atoms with van der Waals surface area (Å²) in [6.07, 6.45) is 0. The average Bonchev–Trinajstić information content (AvgIpc) is 1.79. The Hall–Kier alpha value is -0.610. The molecule has 64 valence electrons. The van der Waals surface area contributed by atoms with Gasteiger partial charge in [0.15, 0.2) is 0 Å². The molecule has 11 heavy (non-hydrogen) atoms. The monoisotopic (exact) mass is 158 g/mol.